The van der Waals surface area contributed by atoms with Crippen molar-refractivity contribution in [2.45, 2.75) is 52.1 Å². The first-order valence-corrected chi connectivity index (χ1v) is 7.85. The molecule has 1 aromatic carbocycles. The Bertz CT molecular complexity index is 435. The van der Waals surface area contributed by atoms with E-state index in [9.17, 15) is 5.11 Å². The zero-order valence-corrected chi connectivity index (χ0v) is 14.4. The van der Waals surface area contributed by atoms with Gasteiger partial charge in [0, 0.05) is 12.1 Å². The van der Waals surface area contributed by atoms with Crippen LogP contribution in [0.3, 0.4) is 0 Å². The predicted octanol–water partition coefficient (Wildman–Crippen LogP) is 3.76. The van der Waals surface area contributed by atoms with Crippen LogP contribution in [0.4, 0.5) is 0 Å². The van der Waals surface area contributed by atoms with Crippen LogP contribution in [0.25, 0.3) is 0 Å². The van der Waals surface area contributed by atoms with Crippen molar-refractivity contribution in [2.75, 3.05) is 27.2 Å². The van der Waals surface area contributed by atoms with Gasteiger partial charge in [0.2, 0.25) is 0 Å². The van der Waals surface area contributed by atoms with Gasteiger partial charge in [-0.3, -0.25) is 0 Å². The normalized spacial score (nSPS) is 13.5. The van der Waals surface area contributed by atoms with Gasteiger partial charge in [-0.15, -0.1) is 0 Å². The van der Waals surface area contributed by atoms with Gasteiger partial charge < -0.3 is 14.7 Å². The molecular formula is C18H31NO2. The molecule has 1 rings (SSSR count). The molecule has 1 unspecified atom stereocenters. The third-order valence-electron chi connectivity index (χ3n) is 3.55. The van der Waals surface area contributed by atoms with Gasteiger partial charge in [0.05, 0.1) is 12.7 Å². The average Bonchev–Trinajstić information content (AvgIpc) is 2.41. The first-order valence-electron chi connectivity index (χ1n) is 7.85. The quantitative estimate of drug-likeness (QED) is 0.831. The number of hydrogen-bond acceptors (Lipinski definition) is 3. The van der Waals surface area contributed by atoms with Crippen molar-refractivity contribution < 1.29 is 9.84 Å². The molecule has 0 fully saturated rings. The Balaban J connectivity index is 3.03. The molecule has 0 radical (unpaired) electrons. The lowest BCUT2D eigenvalue weighted by molar-refractivity contribution is 0.149. The summed E-state index contributed by atoms with van der Waals surface area (Å²) in [4.78, 5) is 2.09. The Morgan fingerprint density at radius 3 is 2.43 bits per heavy atom. The lowest BCUT2D eigenvalue weighted by Gasteiger charge is -2.24. The number of rotatable bonds is 7. The van der Waals surface area contributed by atoms with Gasteiger partial charge in [0.25, 0.3) is 0 Å². The molecule has 0 aliphatic rings. The molecule has 3 heteroatoms. The fourth-order valence-electron chi connectivity index (χ4n) is 2.15. The van der Waals surface area contributed by atoms with E-state index in [4.69, 9.17) is 4.74 Å². The molecule has 0 aliphatic heterocycles. The molecule has 21 heavy (non-hydrogen) atoms. The molecule has 0 saturated heterocycles. The molecule has 0 aromatic heterocycles. The van der Waals surface area contributed by atoms with Crippen LogP contribution in [-0.4, -0.2) is 37.3 Å². The van der Waals surface area contributed by atoms with Crippen LogP contribution in [0.2, 0.25) is 0 Å². The van der Waals surface area contributed by atoms with Crippen molar-refractivity contribution in [3.05, 3.63) is 29.3 Å². The molecule has 3 nitrogen and oxygen atoms in total. The predicted molar refractivity (Wildman–Crippen MR) is 89.1 cm³/mol. The largest absolute Gasteiger partial charge is 0.493 e. The number of benzene rings is 1. The van der Waals surface area contributed by atoms with Gasteiger partial charge in [0.15, 0.2) is 0 Å². The molecule has 0 saturated carbocycles. The smallest absolute Gasteiger partial charge is 0.125 e. The Labute approximate surface area is 129 Å². The summed E-state index contributed by atoms with van der Waals surface area (Å²) in [6.07, 6.45) is 1.19. The van der Waals surface area contributed by atoms with Gasteiger partial charge in [-0.2, -0.15) is 0 Å². The summed E-state index contributed by atoms with van der Waals surface area (Å²) < 4.78 is 5.81. The van der Waals surface area contributed by atoms with E-state index < -0.39 is 6.10 Å². The maximum absolute atomic E-state index is 10.5. The summed E-state index contributed by atoms with van der Waals surface area (Å²) in [5.41, 5.74) is 2.21. The first kappa shape index (κ1) is 18.0. The molecule has 0 bridgehead atoms. The molecule has 1 N–H and O–H groups in total. The van der Waals surface area contributed by atoms with Crippen molar-refractivity contribution in [1.82, 2.24) is 4.90 Å². The van der Waals surface area contributed by atoms with Gasteiger partial charge in [-0.25, -0.2) is 0 Å². The lowest BCUT2D eigenvalue weighted by atomic mass is 9.85. The Kier molecular flexibility index (Phi) is 6.69. The van der Waals surface area contributed by atoms with E-state index in [2.05, 4.69) is 44.7 Å². The summed E-state index contributed by atoms with van der Waals surface area (Å²) in [5.74, 6) is 0.816. The van der Waals surface area contributed by atoms with E-state index in [1.807, 2.05) is 20.2 Å². The first-order chi connectivity index (χ1) is 9.75. The fourth-order valence-corrected chi connectivity index (χ4v) is 2.15. The zero-order valence-electron chi connectivity index (χ0n) is 14.4. The highest BCUT2D eigenvalue weighted by atomic mass is 16.5. The van der Waals surface area contributed by atoms with Crippen molar-refractivity contribution >= 4 is 0 Å². The van der Waals surface area contributed by atoms with Crippen LogP contribution >= 0.6 is 0 Å². The SMILES string of the molecule is CCCOc1ccc(C(C)(C)C)cc1C(O)CCN(C)C. The average molecular weight is 293 g/mol. The van der Waals surface area contributed by atoms with Crippen LogP contribution in [0.1, 0.15) is 57.8 Å². The summed E-state index contributed by atoms with van der Waals surface area (Å²) in [6.45, 7) is 10.2. The van der Waals surface area contributed by atoms with Gasteiger partial charge >= 0.3 is 0 Å². The highest BCUT2D eigenvalue weighted by Gasteiger charge is 2.19. The molecule has 120 valence electrons. The van der Waals surface area contributed by atoms with E-state index >= 15 is 0 Å². The number of ether oxygens (including phenoxy) is 1. The van der Waals surface area contributed by atoms with E-state index in [1.54, 1.807) is 0 Å². The topological polar surface area (TPSA) is 32.7 Å². The van der Waals surface area contributed by atoms with E-state index in [-0.39, 0.29) is 5.41 Å². The second-order valence-electron chi connectivity index (χ2n) is 6.96. The third-order valence-corrected chi connectivity index (χ3v) is 3.55. The maximum atomic E-state index is 10.5. The van der Waals surface area contributed by atoms with Gasteiger partial charge in [-0.1, -0.05) is 33.8 Å². The van der Waals surface area contributed by atoms with E-state index in [0.29, 0.717) is 13.0 Å². The molecule has 0 aliphatic carbocycles. The number of hydrogen-bond donors (Lipinski definition) is 1. The minimum atomic E-state index is -0.485. The maximum Gasteiger partial charge on any atom is 0.125 e. The molecule has 0 amide bonds. The second kappa shape index (κ2) is 7.81. The number of aliphatic hydroxyl groups excluding tert-OH is 1. The van der Waals surface area contributed by atoms with Crippen molar-refractivity contribution in [3.63, 3.8) is 0 Å². The van der Waals surface area contributed by atoms with E-state index in [1.165, 1.54) is 5.56 Å². The Hall–Kier alpha value is -1.06. The standard InChI is InChI=1S/C18H31NO2/c1-7-12-21-17-9-8-14(18(2,3)4)13-15(17)16(20)10-11-19(5)6/h8-9,13,16,20H,7,10-12H2,1-6H3. The minimum absolute atomic E-state index is 0.0688. The number of aliphatic hydroxyl groups is 1. The zero-order chi connectivity index (χ0) is 16.0. The summed E-state index contributed by atoms with van der Waals surface area (Å²) >= 11 is 0. The van der Waals surface area contributed by atoms with Gasteiger partial charge in [0.1, 0.15) is 5.75 Å². The van der Waals surface area contributed by atoms with E-state index in [0.717, 1.165) is 24.3 Å². The van der Waals surface area contributed by atoms with Crippen molar-refractivity contribution in [1.29, 1.82) is 0 Å². The summed E-state index contributed by atoms with van der Waals surface area (Å²) in [5, 5.41) is 10.5. The molecule has 0 spiro atoms. The second-order valence-corrected chi connectivity index (χ2v) is 6.96. The van der Waals surface area contributed by atoms with Crippen molar-refractivity contribution in [3.8, 4) is 5.75 Å². The lowest BCUT2D eigenvalue weighted by Crippen LogP contribution is -2.17. The Morgan fingerprint density at radius 1 is 1.24 bits per heavy atom. The van der Waals surface area contributed by atoms with Gasteiger partial charge in [-0.05, 0) is 50.0 Å². The molecule has 1 atom stereocenters. The van der Waals surface area contributed by atoms with Crippen molar-refractivity contribution in [2.24, 2.45) is 0 Å². The van der Waals surface area contributed by atoms with Crippen LogP contribution in [0.5, 0.6) is 5.75 Å². The third kappa shape index (κ3) is 5.68. The minimum Gasteiger partial charge on any atom is -0.493 e. The monoisotopic (exact) mass is 293 g/mol. The molecular weight excluding hydrogens is 262 g/mol. The summed E-state index contributed by atoms with van der Waals surface area (Å²) in [6, 6.07) is 6.21. The highest BCUT2D eigenvalue weighted by Crippen LogP contribution is 2.33. The van der Waals surface area contributed by atoms with Crippen LogP contribution in [0, 0.1) is 0 Å². The molecule has 0 heterocycles. The fraction of sp³-hybridized carbons (Fsp3) is 0.667. The molecule has 1 aromatic rings. The number of nitrogens with zero attached hydrogens (tertiary/aromatic N) is 1. The van der Waals surface area contributed by atoms with Crippen LogP contribution in [-0.2, 0) is 5.41 Å². The summed E-state index contributed by atoms with van der Waals surface area (Å²) in [7, 11) is 4.04. The van der Waals surface area contributed by atoms with Crippen LogP contribution < -0.4 is 4.74 Å². The van der Waals surface area contributed by atoms with Crippen LogP contribution in [0.15, 0.2) is 18.2 Å². The Morgan fingerprint density at radius 2 is 1.90 bits per heavy atom. The highest BCUT2D eigenvalue weighted by molar-refractivity contribution is 5.41.